The molecule has 0 unspecified atom stereocenters. The summed E-state index contributed by atoms with van der Waals surface area (Å²) in [7, 11) is 1.59. The van der Waals surface area contributed by atoms with Crippen LogP contribution in [0.4, 0.5) is 0 Å². The number of ether oxygens (including phenoxy) is 3. The molecule has 4 nitrogen and oxygen atoms in total. The molecule has 0 saturated heterocycles. The van der Waals surface area contributed by atoms with Gasteiger partial charge in [0, 0.05) is 11.6 Å². The van der Waals surface area contributed by atoms with Crippen molar-refractivity contribution in [3.8, 4) is 17.2 Å². The summed E-state index contributed by atoms with van der Waals surface area (Å²) in [6.45, 7) is 1.14. The average molecular weight is 342 g/mol. The Labute approximate surface area is 139 Å². The van der Waals surface area contributed by atoms with E-state index in [0.29, 0.717) is 47.1 Å². The summed E-state index contributed by atoms with van der Waals surface area (Å²) >= 11 is 11.9. The van der Waals surface area contributed by atoms with Crippen LogP contribution in [0.5, 0.6) is 17.2 Å². The zero-order valence-corrected chi connectivity index (χ0v) is 13.7. The predicted octanol–water partition coefficient (Wildman–Crippen LogP) is 3.92. The first-order valence-corrected chi connectivity index (χ1v) is 7.47. The summed E-state index contributed by atoms with van der Waals surface area (Å²) in [5.41, 5.74) is 6.59. The third kappa shape index (κ3) is 4.44. The van der Waals surface area contributed by atoms with Crippen LogP contribution in [0.1, 0.15) is 5.56 Å². The van der Waals surface area contributed by atoms with Crippen molar-refractivity contribution in [2.75, 3.05) is 20.3 Å². The van der Waals surface area contributed by atoms with Gasteiger partial charge in [-0.3, -0.25) is 0 Å². The molecular formula is C16H17Cl2NO3. The van der Waals surface area contributed by atoms with E-state index in [-0.39, 0.29) is 0 Å². The fourth-order valence-corrected chi connectivity index (χ4v) is 2.32. The van der Waals surface area contributed by atoms with Crippen molar-refractivity contribution >= 4 is 23.2 Å². The number of methoxy groups -OCH3 is 1. The van der Waals surface area contributed by atoms with Crippen LogP contribution in [0, 0.1) is 0 Å². The molecule has 0 aliphatic heterocycles. The van der Waals surface area contributed by atoms with E-state index >= 15 is 0 Å². The molecule has 0 aromatic heterocycles. The number of halogens is 2. The summed E-state index contributed by atoms with van der Waals surface area (Å²) in [5.74, 6) is 1.86. The summed E-state index contributed by atoms with van der Waals surface area (Å²) in [6.07, 6.45) is 0. The van der Waals surface area contributed by atoms with Crippen LogP contribution in [0.3, 0.4) is 0 Å². The molecule has 0 saturated carbocycles. The van der Waals surface area contributed by atoms with Gasteiger partial charge in [-0.1, -0.05) is 29.3 Å². The summed E-state index contributed by atoms with van der Waals surface area (Å²) in [5, 5.41) is 1.03. The highest BCUT2D eigenvalue weighted by Crippen LogP contribution is 2.29. The molecule has 2 rings (SSSR count). The second-order valence-corrected chi connectivity index (χ2v) is 5.30. The highest BCUT2D eigenvalue weighted by molar-refractivity contribution is 6.35. The van der Waals surface area contributed by atoms with E-state index in [0.717, 1.165) is 5.56 Å². The number of rotatable bonds is 7. The molecule has 0 fully saturated rings. The van der Waals surface area contributed by atoms with Crippen molar-refractivity contribution in [3.05, 3.63) is 52.0 Å². The SMILES string of the molecule is COc1ccc(CN)cc1OCCOc1ccc(Cl)cc1Cl. The second-order valence-electron chi connectivity index (χ2n) is 4.46. The maximum atomic E-state index is 6.03. The van der Waals surface area contributed by atoms with Crippen LogP contribution in [0.25, 0.3) is 0 Å². The average Bonchev–Trinajstić information content (AvgIpc) is 2.53. The number of hydrogen-bond acceptors (Lipinski definition) is 4. The van der Waals surface area contributed by atoms with Crippen LogP contribution < -0.4 is 19.9 Å². The van der Waals surface area contributed by atoms with E-state index in [2.05, 4.69) is 0 Å². The third-order valence-corrected chi connectivity index (χ3v) is 3.49. The molecule has 0 radical (unpaired) electrons. The zero-order valence-electron chi connectivity index (χ0n) is 12.1. The van der Waals surface area contributed by atoms with Gasteiger partial charge in [-0.25, -0.2) is 0 Å². The molecule has 2 aromatic carbocycles. The first-order valence-electron chi connectivity index (χ1n) is 6.71. The zero-order chi connectivity index (χ0) is 15.9. The van der Waals surface area contributed by atoms with Crippen molar-refractivity contribution in [2.24, 2.45) is 5.73 Å². The molecule has 2 N–H and O–H groups in total. The lowest BCUT2D eigenvalue weighted by Gasteiger charge is -2.13. The van der Waals surface area contributed by atoms with Gasteiger partial charge in [0.25, 0.3) is 0 Å². The number of hydrogen-bond donors (Lipinski definition) is 1. The molecular weight excluding hydrogens is 325 g/mol. The van der Waals surface area contributed by atoms with Crippen molar-refractivity contribution in [1.29, 1.82) is 0 Å². The standard InChI is InChI=1S/C16H17Cl2NO3/c1-20-15-4-2-11(10-19)8-16(15)22-7-6-21-14-5-3-12(17)9-13(14)18/h2-5,8-9H,6-7,10,19H2,1H3. The molecule has 118 valence electrons. The van der Waals surface area contributed by atoms with Gasteiger partial charge >= 0.3 is 0 Å². The Morgan fingerprint density at radius 3 is 2.23 bits per heavy atom. The molecule has 0 heterocycles. The smallest absolute Gasteiger partial charge is 0.161 e. The lowest BCUT2D eigenvalue weighted by molar-refractivity contribution is 0.211. The second kappa shape index (κ2) is 8.13. The molecule has 0 spiro atoms. The molecule has 0 atom stereocenters. The molecule has 22 heavy (non-hydrogen) atoms. The minimum atomic E-state index is 0.345. The predicted molar refractivity (Wildman–Crippen MR) is 88.3 cm³/mol. The summed E-state index contributed by atoms with van der Waals surface area (Å²) in [6, 6.07) is 10.7. The van der Waals surface area contributed by atoms with Gasteiger partial charge < -0.3 is 19.9 Å². The molecule has 2 aromatic rings. The highest BCUT2D eigenvalue weighted by Gasteiger charge is 2.06. The van der Waals surface area contributed by atoms with Crippen LogP contribution in [0.15, 0.2) is 36.4 Å². The lowest BCUT2D eigenvalue weighted by Crippen LogP contribution is -2.10. The van der Waals surface area contributed by atoms with Gasteiger partial charge in [-0.2, -0.15) is 0 Å². The third-order valence-electron chi connectivity index (χ3n) is 2.96. The van der Waals surface area contributed by atoms with Gasteiger partial charge in [0.15, 0.2) is 11.5 Å². The fraction of sp³-hybridized carbons (Fsp3) is 0.250. The molecule has 0 bridgehead atoms. The Bertz CT molecular complexity index is 635. The van der Waals surface area contributed by atoms with Gasteiger partial charge in [0.1, 0.15) is 19.0 Å². The number of nitrogens with two attached hydrogens (primary N) is 1. The van der Waals surface area contributed by atoms with Gasteiger partial charge in [0.2, 0.25) is 0 Å². The van der Waals surface area contributed by atoms with Crippen LogP contribution in [-0.2, 0) is 6.54 Å². The largest absolute Gasteiger partial charge is 0.493 e. The van der Waals surface area contributed by atoms with Crippen molar-refractivity contribution in [3.63, 3.8) is 0 Å². The maximum absolute atomic E-state index is 6.03. The van der Waals surface area contributed by atoms with E-state index in [1.807, 2.05) is 18.2 Å². The van der Waals surface area contributed by atoms with E-state index in [1.54, 1.807) is 25.3 Å². The summed E-state index contributed by atoms with van der Waals surface area (Å²) in [4.78, 5) is 0. The van der Waals surface area contributed by atoms with Crippen molar-refractivity contribution in [1.82, 2.24) is 0 Å². The summed E-state index contributed by atoms with van der Waals surface area (Å²) < 4.78 is 16.5. The van der Waals surface area contributed by atoms with Crippen LogP contribution >= 0.6 is 23.2 Å². The Balaban J connectivity index is 1.91. The Hall–Kier alpha value is -1.62. The molecule has 0 amide bonds. The Morgan fingerprint density at radius 2 is 1.59 bits per heavy atom. The highest BCUT2D eigenvalue weighted by atomic mass is 35.5. The quantitative estimate of drug-likeness (QED) is 0.775. The maximum Gasteiger partial charge on any atom is 0.161 e. The van der Waals surface area contributed by atoms with Crippen LogP contribution in [-0.4, -0.2) is 20.3 Å². The molecule has 0 aliphatic carbocycles. The minimum absolute atomic E-state index is 0.345. The van der Waals surface area contributed by atoms with E-state index < -0.39 is 0 Å². The topological polar surface area (TPSA) is 53.7 Å². The molecule has 0 aliphatic rings. The lowest BCUT2D eigenvalue weighted by atomic mass is 10.2. The van der Waals surface area contributed by atoms with E-state index in [1.165, 1.54) is 0 Å². The Morgan fingerprint density at radius 1 is 0.909 bits per heavy atom. The molecule has 6 heteroatoms. The van der Waals surface area contributed by atoms with Gasteiger partial charge in [-0.15, -0.1) is 0 Å². The normalized spacial score (nSPS) is 10.4. The van der Waals surface area contributed by atoms with Crippen molar-refractivity contribution < 1.29 is 14.2 Å². The monoisotopic (exact) mass is 341 g/mol. The van der Waals surface area contributed by atoms with Gasteiger partial charge in [0.05, 0.1) is 12.1 Å². The number of benzene rings is 2. The first kappa shape index (κ1) is 16.7. The van der Waals surface area contributed by atoms with Gasteiger partial charge in [-0.05, 0) is 35.9 Å². The Kier molecular flexibility index (Phi) is 6.19. The van der Waals surface area contributed by atoms with E-state index in [9.17, 15) is 0 Å². The van der Waals surface area contributed by atoms with Crippen molar-refractivity contribution in [2.45, 2.75) is 6.54 Å². The first-order chi connectivity index (χ1) is 10.6. The van der Waals surface area contributed by atoms with E-state index in [4.69, 9.17) is 43.1 Å². The van der Waals surface area contributed by atoms with Crippen LogP contribution in [0.2, 0.25) is 10.0 Å². The minimum Gasteiger partial charge on any atom is -0.493 e. The fourth-order valence-electron chi connectivity index (χ4n) is 1.86.